The van der Waals surface area contributed by atoms with E-state index in [9.17, 15) is 14.8 Å². The summed E-state index contributed by atoms with van der Waals surface area (Å²) in [6.07, 6.45) is 3.47. The average Bonchev–Trinajstić information content (AvgIpc) is 3.12. The molecule has 2 bridgehead atoms. The number of methoxy groups -OCH3 is 2. The Labute approximate surface area is 295 Å². The molecular formula is C37H37Cl2N3O7. The molecular weight excluding hydrogens is 669 g/mol. The van der Waals surface area contributed by atoms with Crippen molar-refractivity contribution in [2.24, 2.45) is 5.92 Å². The van der Waals surface area contributed by atoms with Gasteiger partial charge in [0.25, 0.3) is 0 Å². The Morgan fingerprint density at radius 1 is 0.918 bits per heavy atom. The molecule has 1 unspecified atom stereocenters. The van der Waals surface area contributed by atoms with Crippen LogP contribution in [0.25, 0.3) is 0 Å². The number of carbonyl (C=O) groups excluding carboxylic acids is 2. The van der Waals surface area contributed by atoms with Crippen molar-refractivity contribution in [1.82, 2.24) is 4.90 Å². The molecule has 1 aromatic heterocycles. The van der Waals surface area contributed by atoms with Gasteiger partial charge in [-0.05, 0) is 73.3 Å². The van der Waals surface area contributed by atoms with Crippen molar-refractivity contribution in [3.63, 3.8) is 0 Å². The van der Waals surface area contributed by atoms with Crippen LogP contribution in [0.2, 0.25) is 10.0 Å². The van der Waals surface area contributed by atoms with Gasteiger partial charge in [-0.2, -0.15) is 4.73 Å². The smallest absolute Gasteiger partial charge is 0.338 e. The molecule has 3 fully saturated rings. The summed E-state index contributed by atoms with van der Waals surface area (Å²) < 4.78 is 23.6. The third-order valence-electron chi connectivity index (χ3n) is 9.12. The molecule has 3 aliphatic rings. The monoisotopic (exact) mass is 705 g/mol. The summed E-state index contributed by atoms with van der Waals surface area (Å²) in [5, 5.41) is 15.5. The van der Waals surface area contributed by atoms with E-state index in [0.29, 0.717) is 39.0 Å². The molecule has 256 valence electrons. The average molecular weight is 707 g/mol. The molecule has 49 heavy (non-hydrogen) atoms. The van der Waals surface area contributed by atoms with Crippen molar-refractivity contribution >= 4 is 40.8 Å². The number of hydrogen-bond acceptors (Lipinski definition) is 9. The summed E-state index contributed by atoms with van der Waals surface area (Å²) in [5.41, 5.74) is 2.55. The summed E-state index contributed by atoms with van der Waals surface area (Å²) >= 11 is 12.8. The van der Waals surface area contributed by atoms with Crippen LogP contribution in [0.15, 0.2) is 85.2 Å². The SMILES string of the molecule is COc1ccc(C(Cc2c(Cl)c[n+]([O-])cc2Cl)OC(=O)c2cccc(N[C@H](C(=O)O[C@H]3CN4CCC3CC4)c3ccccc3)c2)cc1OC. The van der Waals surface area contributed by atoms with Gasteiger partial charge >= 0.3 is 11.9 Å². The molecule has 0 radical (unpaired) electrons. The second kappa shape index (κ2) is 15.4. The predicted molar refractivity (Wildman–Crippen MR) is 185 cm³/mol. The fourth-order valence-corrected chi connectivity index (χ4v) is 7.08. The predicted octanol–water partition coefficient (Wildman–Crippen LogP) is 6.58. The molecule has 7 rings (SSSR count). The summed E-state index contributed by atoms with van der Waals surface area (Å²) in [6.45, 7) is 2.83. The normalized spacial score (nSPS) is 19.4. The van der Waals surface area contributed by atoms with Gasteiger partial charge < -0.3 is 29.5 Å². The number of aromatic nitrogens is 1. The van der Waals surface area contributed by atoms with Gasteiger partial charge in [-0.15, -0.1) is 0 Å². The number of ether oxygens (including phenoxy) is 4. The standard InChI is InChI=1S/C37H37Cl2N3O7/c1-46-31-12-11-25(18-33(31)47-2)32(19-28-29(38)20-42(45)21-30(28)39)48-36(43)26-9-6-10-27(17-26)40-35(24-7-4-3-5-8-24)37(44)49-34-22-41-15-13-23(34)14-16-41/h3-12,17-18,20-21,23,32,34-35,40H,13-16,19,22H2,1-2H3/t32?,34-,35-/m0/s1. The van der Waals surface area contributed by atoms with E-state index in [1.54, 1.807) is 42.5 Å². The minimum atomic E-state index is -0.880. The zero-order chi connectivity index (χ0) is 34.5. The highest BCUT2D eigenvalue weighted by Gasteiger charge is 2.38. The molecule has 0 saturated carbocycles. The molecule has 4 aromatic rings. The van der Waals surface area contributed by atoms with Crippen LogP contribution in [0.4, 0.5) is 5.69 Å². The summed E-state index contributed by atoms with van der Waals surface area (Å²) in [5.74, 6) is 0.299. The minimum Gasteiger partial charge on any atom is -0.619 e. The highest BCUT2D eigenvalue weighted by molar-refractivity contribution is 6.35. The maximum Gasteiger partial charge on any atom is 0.338 e. The van der Waals surface area contributed by atoms with E-state index < -0.39 is 18.1 Å². The molecule has 3 aliphatic heterocycles. The van der Waals surface area contributed by atoms with Crippen molar-refractivity contribution in [3.05, 3.63) is 123 Å². The first-order valence-electron chi connectivity index (χ1n) is 16.1. The van der Waals surface area contributed by atoms with Gasteiger partial charge in [-0.25, -0.2) is 9.59 Å². The van der Waals surface area contributed by atoms with Gasteiger partial charge in [0.2, 0.25) is 0 Å². The van der Waals surface area contributed by atoms with Crippen molar-refractivity contribution < 1.29 is 33.3 Å². The topological polar surface area (TPSA) is 113 Å². The molecule has 3 atom stereocenters. The number of benzene rings is 3. The van der Waals surface area contributed by atoms with Crippen LogP contribution in [-0.2, 0) is 20.7 Å². The Morgan fingerprint density at radius 3 is 2.29 bits per heavy atom. The van der Waals surface area contributed by atoms with Gasteiger partial charge in [0.1, 0.15) is 22.3 Å². The molecule has 4 heterocycles. The third kappa shape index (κ3) is 8.04. The van der Waals surface area contributed by atoms with E-state index >= 15 is 0 Å². The first kappa shape index (κ1) is 34.4. The van der Waals surface area contributed by atoms with Gasteiger partial charge in [-0.3, -0.25) is 4.90 Å². The van der Waals surface area contributed by atoms with Crippen molar-refractivity contribution in [3.8, 4) is 11.5 Å². The minimum absolute atomic E-state index is 0.0686. The van der Waals surface area contributed by atoms with Crippen molar-refractivity contribution in [1.29, 1.82) is 0 Å². The van der Waals surface area contributed by atoms with Gasteiger partial charge in [-0.1, -0.05) is 65.7 Å². The number of halogens is 2. The zero-order valence-electron chi connectivity index (χ0n) is 27.1. The quantitative estimate of drug-likeness (QED) is 0.0993. The Bertz CT molecular complexity index is 1780. The lowest BCUT2D eigenvalue weighted by atomic mass is 9.86. The van der Waals surface area contributed by atoms with Crippen LogP contribution in [-0.4, -0.2) is 56.8 Å². The zero-order valence-corrected chi connectivity index (χ0v) is 28.7. The number of piperidine rings is 3. The number of hydrogen-bond donors (Lipinski definition) is 1. The van der Waals surface area contributed by atoms with E-state index in [4.69, 9.17) is 42.1 Å². The van der Waals surface area contributed by atoms with E-state index in [1.807, 2.05) is 30.3 Å². The second-order valence-electron chi connectivity index (χ2n) is 12.2. The lowest BCUT2D eigenvalue weighted by Gasteiger charge is -2.44. The molecule has 12 heteroatoms. The highest BCUT2D eigenvalue weighted by atomic mass is 35.5. The number of carbonyl (C=O) groups is 2. The largest absolute Gasteiger partial charge is 0.619 e. The third-order valence-corrected chi connectivity index (χ3v) is 9.77. The number of fused-ring (bicyclic) bond motifs is 3. The van der Waals surface area contributed by atoms with E-state index in [2.05, 4.69) is 10.2 Å². The fraction of sp³-hybridized carbons (Fsp3) is 0.324. The van der Waals surface area contributed by atoms with E-state index in [0.717, 1.165) is 38.0 Å². The molecule has 1 N–H and O–H groups in total. The van der Waals surface area contributed by atoms with Gasteiger partial charge in [0, 0.05) is 24.2 Å². The maximum atomic E-state index is 13.8. The Kier molecular flexibility index (Phi) is 10.8. The van der Waals surface area contributed by atoms with Gasteiger partial charge in [0.05, 0.1) is 19.8 Å². The number of nitrogens with zero attached hydrogens (tertiary/aromatic N) is 2. The summed E-state index contributed by atoms with van der Waals surface area (Å²) in [4.78, 5) is 29.8. The summed E-state index contributed by atoms with van der Waals surface area (Å²) in [7, 11) is 3.03. The lowest BCUT2D eigenvalue weighted by molar-refractivity contribution is -0.605. The molecule has 0 amide bonds. The molecule has 0 aliphatic carbocycles. The van der Waals surface area contributed by atoms with Crippen LogP contribution in [0.3, 0.4) is 0 Å². The number of esters is 2. The first-order valence-corrected chi connectivity index (χ1v) is 16.8. The molecule has 3 saturated heterocycles. The van der Waals surface area contributed by atoms with Gasteiger partial charge in [0.15, 0.2) is 29.9 Å². The second-order valence-corrected chi connectivity index (χ2v) is 13.0. The van der Waals surface area contributed by atoms with Crippen molar-refractivity contribution in [2.45, 2.75) is 37.5 Å². The lowest BCUT2D eigenvalue weighted by Crippen LogP contribution is -2.52. The molecule has 10 nitrogen and oxygen atoms in total. The Hall–Kier alpha value is -4.51. The highest BCUT2D eigenvalue weighted by Crippen LogP contribution is 2.36. The Morgan fingerprint density at radius 2 is 1.63 bits per heavy atom. The number of pyridine rings is 1. The van der Waals surface area contributed by atoms with Crippen LogP contribution in [0.1, 0.15) is 52.0 Å². The first-order chi connectivity index (χ1) is 23.7. The van der Waals surface area contributed by atoms with Crippen LogP contribution < -0.4 is 19.5 Å². The fourth-order valence-electron chi connectivity index (χ4n) is 6.48. The van der Waals surface area contributed by atoms with Crippen LogP contribution in [0, 0.1) is 11.1 Å². The number of anilines is 1. The van der Waals surface area contributed by atoms with Crippen molar-refractivity contribution in [2.75, 3.05) is 39.2 Å². The van der Waals surface area contributed by atoms with Crippen LogP contribution >= 0.6 is 23.2 Å². The maximum absolute atomic E-state index is 13.8. The van der Waals surface area contributed by atoms with E-state index in [-0.39, 0.29) is 34.1 Å². The molecule has 3 aromatic carbocycles. The number of rotatable bonds is 12. The Balaban J connectivity index is 1.25. The van der Waals surface area contributed by atoms with E-state index in [1.165, 1.54) is 26.6 Å². The summed E-state index contributed by atoms with van der Waals surface area (Å²) in [6, 6.07) is 20.5. The number of nitrogens with one attached hydrogen (secondary N) is 1. The molecule has 0 spiro atoms. The van der Waals surface area contributed by atoms with Crippen LogP contribution in [0.5, 0.6) is 11.5 Å².